The van der Waals surface area contributed by atoms with Crippen molar-refractivity contribution >= 4 is 57.9 Å². The normalized spacial score (nSPS) is 11.8. The van der Waals surface area contributed by atoms with E-state index < -0.39 is 17.9 Å². The lowest BCUT2D eigenvalue weighted by molar-refractivity contribution is -0.122. The van der Waals surface area contributed by atoms with Crippen LogP contribution in [0.1, 0.15) is 57.6 Å². The van der Waals surface area contributed by atoms with E-state index in [2.05, 4.69) is 23.5 Å². The Morgan fingerprint density at radius 1 is 1.08 bits per heavy atom. The molecule has 2 aromatic carbocycles. The highest BCUT2D eigenvalue weighted by Gasteiger charge is 2.36. The Balaban J connectivity index is 2.20. The number of nitrogens with zero attached hydrogens (tertiary/aromatic N) is 3. The second-order valence-corrected chi connectivity index (χ2v) is 10.8. The number of hydrogen-bond donors (Lipinski definition) is 3. The summed E-state index contributed by atoms with van der Waals surface area (Å²) in [6, 6.07) is 11.4. The number of nitrogens with one attached hydrogen (secondary N) is 1. The average Bonchev–Trinajstić information content (AvgIpc) is 3.25. The number of nitrogens with two attached hydrogens (primary N) is 2. The Kier molecular flexibility index (Phi) is 9.35. The fourth-order valence-electron chi connectivity index (χ4n) is 3.81. The number of anilines is 3. The quantitative estimate of drug-likeness (QED) is 0.339. The molecule has 3 aromatic rings. The van der Waals surface area contributed by atoms with Gasteiger partial charge in [-0.15, -0.1) is 0 Å². The molecule has 0 spiro atoms. The molecule has 0 aliphatic rings. The van der Waals surface area contributed by atoms with Gasteiger partial charge >= 0.3 is 0 Å². The highest BCUT2D eigenvalue weighted by molar-refractivity contribution is 7.09. The van der Waals surface area contributed by atoms with E-state index in [1.165, 1.54) is 4.90 Å². The average molecular weight is 557 g/mol. The third-order valence-corrected chi connectivity index (χ3v) is 7.32. The highest BCUT2D eigenvalue weighted by atomic mass is 35.5. The van der Waals surface area contributed by atoms with Crippen molar-refractivity contribution in [3.05, 3.63) is 69.2 Å². The minimum Gasteiger partial charge on any atom is -0.395 e. The van der Waals surface area contributed by atoms with Crippen LogP contribution in [-0.2, 0) is 4.79 Å². The van der Waals surface area contributed by atoms with Crippen LogP contribution >= 0.6 is 23.1 Å². The molecule has 38 heavy (non-hydrogen) atoms. The molecule has 5 N–H and O–H groups in total. The van der Waals surface area contributed by atoms with Crippen molar-refractivity contribution in [3.63, 3.8) is 0 Å². The molecule has 0 aliphatic carbocycles. The predicted octanol–water partition coefficient (Wildman–Crippen LogP) is 4.40. The second-order valence-electron chi connectivity index (χ2n) is 9.61. The van der Waals surface area contributed by atoms with Gasteiger partial charge in [0.15, 0.2) is 5.69 Å². The maximum absolute atomic E-state index is 14.1. The van der Waals surface area contributed by atoms with Crippen LogP contribution in [0, 0.1) is 12.8 Å². The van der Waals surface area contributed by atoms with Gasteiger partial charge in [-0.25, -0.2) is 0 Å². The van der Waals surface area contributed by atoms with E-state index in [1.54, 1.807) is 18.2 Å². The summed E-state index contributed by atoms with van der Waals surface area (Å²) in [6.45, 7) is 6.41. The van der Waals surface area contributed by atoms with Gasteiger partial charge in [-0.05, 0) is 66.2 Å². The van der Waals surface area contributed by atoms with Crippen LogP contribution in [0.25, 0.3) is 0 Å². The first-order valence-electron chi connectivity index (χ1n) is 12.1. The SMILES string of the molecule is Cc1ccc(N(C(=O)c2snc(C(N)=O)c2N)[C@@H](C(=O)NCCC(C)C)c2ccc(N(C)C)cc2)cc1Cl. The number of aromatic nitrogens is 1. The van der Waals surface area contributed by atoms with Gasteiger partial charge in [0, 0.05) is 37.0 Å². The molecule has 202 valence electrons. The van der Waals surface area contributed by atoms with Gasteiger partial charge in [-0.3, -0.25) is 19.3 Å². The maximum atomic E-state index is 14.1. The molecule has 1 aromatic heterocycles. The zero-order valence-corrected chi connectivity index (χ0v) is 23.7. The standard InChI is InChI=1S/C27H33ClN6O3S/c1-15(2)12-13-31-26(36)23(17-7-10-18(11-8-17)33(4)5)34(19-9-6-16(3)20(28)14-19)27(37)24-21(29)22(25(30)35)32-38-24/h6-11,14-15,23H,12-13,29H2,1-5H3,(H2,30,35)(H,31,36)/t23-/m1/s1. The summed E-state index contributed by atoms with van der Waals surface area (Å²) in [5, 5.41) is 3.40. The maximum Gasteiger partial charge on any atom is 0.273 e. The first-order chi connectivity index (χ1) is 17.9. The van der Waals surface area contributed by atoms with Gasteiger partial charge in [0.2, 0.25) is 5.91 Å². The van der Waals surface area contributed by atoms with Crippen molar-refractivity contribution in [1.82, 2.24) is 9.69 Å². The molecule has 1 atom stereocenters. The van der Waals surface area contributed by atoms with E-state index in [9.17, 15) is 14.4 Å². The fraction of sp³-hybridized carbons (Fsp3) is 0.333. The Hall–Kier alpha value is -3.63. The first kappa shape index (κ1) is 28.9. The zero-order valence-electron chi connectivity index (χ0n) is 22.1. The van der Waals surface area contributed by atoms with Crippen LogP contribution in [0.15, 0.2) is 42.5 Å². The molecule has 0 saturated heterocycles. The number of aryl methyl sites for hydroxylation is 1. The van der Waals surface area contributed by atoms with Crippen molar-refractivity contribution in [3.8, 4) is 0 Å². The zero-order chi connectivity index (χ0) is 28.1. The lowest BCUT2D eigenvalue weighted by Gasteiger charge is -2.32. The van der Waals surface area contributed by atoms with Crippen LogP contribution in [-0.4, -0.2) is 42.7 Å². The van der Waals surface area contributed by atoms with E-state index in [0.717, 1.165) is 29.2 Å². The van der Waals surface area contributed by atoms with Crippen molar-refractivity contribution < 1.29 is 14.4 Å². The molecule has 0 radical (unpaired) electrons. The molecule has 0 bridgehead atoms. The number of amides is 3. The minimum atomic E-state index is -1.07. The second kappa shape index (κ2) is 12.3. The smallest absolute Gasteiger partial charge is 0.273 e. The summed E-state index contributed by atoms with van der Waals surface area (Å²) in [6.07, 6.45) is 0.770. The van der Waals surface area contributed by atoms with Gasteiger partial charge in [0.25, 0.3) is 11.8 Å². The number of halogens is 1. The molecule has 1 heterocycles. The van der Waals surface area contributed by atoms with Crippen molar-refractivity contribution in [2.24, 2.45) is 11.7 Å². The summed E-state index contributed by atoms with van der Waals surface area (Å²) >= 11 is 7.21. The number of carbonyl (C=O) groups excluding carboxylic acids is 3. The third-order valence-electron chi connectivity index (χ3n) is 6.06. The highest BCUT2D eigenvalue weighted by Crippen LogP contribution is 2.35. The number of hydrogen-bond acceptors (Lipinski definition) is 7. The number of rotatable bonds is 10. The Morgan fingerprint density at radius 3 is 2.24 bits per heavy atom. The molecule has 0 aliphatic heterocycles. The molecule has 11 heteroatoms. The molecule has 3 amide bonds. The van der Waals surface area contributed by atoms with Crippen LogP contribution in [0.4, 0.5) is 17.1 Å². The monoisotopic (exact) mass is 556 g/mol. The van der Waals surface area contributed by atoms with Gasteiger partial charge in [0.1, 0.15) is 10.9 Å². The van der Waals surface area contributed by atoms with Gasteiger partial charge in [-0.2, -0.15) is 4.37 Å². The van der Waals surface area contributed by atoms with Crippen LogP contribution < -0.4 is 26.6 Å². The van der Waals surface area contributed by atoms with E-state index in [0.29, 0.717) is 28.7 Å². The largest absolute Gasteiger partial charge is 0.395 e. The Morgan fingerprint density at radius 2 is 1.71 bits per heavy atom. The Bertz CT molecular complexity index is 1320. The van der Waals surface area contributed by atoms with E-state index in [4.69, 9.17) is 23.1 Å². The minimum absolute atomic E-state index is 0.000361. The number of carbonyl (C=O) groups is 3. The van der Waals surface area contributed by atoms with Gasteiger partial charge in [-0.1, -0.05) is 43.6 Å². The molecule has 0 unspecified atom stereocenters. The molecular formula is C27H33ClN6O3S. The van der Waals surface area contributed by atoms with Crippen LogP contribution in [0.5, 0.6) is 0 Å². The predicted molar refractivity (Wildman–Crippen MR) is 154 cm³/mol. The lowest BCUT2D eigenvalue weighted by atomic mass is 10.0. The third kappa shape index (κ3) is 6.43. The number of benzene rings is 2. The van der Waals surface area contributed by atoms with E-state index in [-0.39, 0.29) is 22.2 Å². The van der Waals surface area contributed by atoms with Gasteiger partial charge < -0.3 is 21.7 Å². The van der Waals surface area contributed by atoms with Crippen molar-refractivity contribution in [2.75, 3.05) is 36.2 Å². The van der Waals surface area contributed by atoms with E-state index in [1.807, 2.05) is 50.2 Å². The number of primary amides is 1. The summed E-state index contributed by atoms with van der Waals surface area (Å²) in [7, 11) is 3.83. The molecule has 9 nitrogen and oxygen atoms in total. The summed E-state index contributed by atoms with van der Waals surface area (Å²) in [4.78, 5) is 42.9. The summed E-state index contributed by atoms with van der Waals surface area (Å²) in [5.74, 6) is -1.43. The Labute approximate surface area is 231 Å². The number of nitrogen functional groups attached to an aromatic ring is 1. The fourth-order valence-corrected chi connectivity index (χ4v) is 4.72. The van der Waals surface area contributed by atoms with Gasteiger partial charge in [0.05, 0.1) is 5.69 Å². The molecular weight excluding hydrogens is 524 g/mol. The topological polar surface area (TPSA) is 135 Å². The van der Waals surface area contributed by atoms with Crippen LogP contribution in [0.2, 0.25) is 5.02 Å². The molecule has 0 saturated carbocycles. The van der Waals surface area contributed by atoms with Crippen LogP contribution in [0.3, 0.4) is 0 Å². The van der Waals surface area contributed by atoms with E-state index >= 15 is 0 Å². The van der Waals surface area contributed by atoms with Crippen molar-refractivity contribution in [2.45, 2.75) is 33.2 Å². The molecule has 0 fully saturated rings. The molecule has 3 rings (SSSR count). The lowest BCUT2D eigenvalue weighted by Crippen LogP contribution is -2.44. The summed E-state index contributed by atoms with van der Waals surface area (Å²) < 4.78 is 3.98. The summed E-state index contributed by atoms with van der Waals surface area (Å²) in [5.41, 5.74) is 13.9. The first-order valence-corrected chi connectivity index (χ1v) is 13.3. The van der Waals surface area contributed by atoms with Crippen molar-refractivity contribution in [1.29, 1.82) is 0 Å².